The molecule has 0 bridgehead atoms. The number of benzene rings is 1. The second kappa shape index (κ2) is 5.61. The molecule has 24 heavy (non-hydrogen) atoms. The van der Waals surface area contributed by atoms with Gasteiger partial charge in [-0.15, -0.1) is 0 Å². The van der Waals surface area contributed by atoms with Crippen molar-refractivity contribution in [1.82, 2.24) is 8.61 Å². The van der Waals surface area contributed by atoms with E-state index in [1.807, 2.05) is 0 Å². The van der Waals surface area contributed by atoms with Gasteiger partial charge in [0.05, 0.1) is 7.11 Å². The van der Waals surface area contributed by atoms with Gasteiger partial charge < -0.3 is 14.6 Å². The molecule has 2 aliphatic heterocycles. The number of fused-ring (bicyclic) bond motifs is 3. The number of hydrogen-bond acceptors (Lipinski definition) is 5. The van der Waals surface area contributed by atoms with Gasteiger partial charge in [0, 0.05) is 44.7 Å². The Bertz CT molecular complexity index is 778. The Morgan fingerprint density at radius 3 is 2.75 bits per heavy atom. The number of hydrogen-bond donors (Lipinski definition) is 1. The zero-order chi connectivity index (χ0) is 17.7. The summed E-state index contributed by atoms with van der Waals surface area (Å²) < 4.78 is 38.0. The van der Waals surface area contributed by atoms with Crippen LogP contribution in [0.1, 0.15) is 11.5 Å². The molecule has 1 N–H and O–H groups in total. The first-order chi connectivity index (χ1) is 11.2. The number of carbonyl (C=O) groups is 1. The van der Waals surface area contributed by atoms with Crippen molar-refractivity contribution in [3.63, 3.8) is 0 Å². The summed E-state index contributed by atoms with van der Waals surface area (Å²) in [6.07, 6.45) is 0. The molecule has 0 aromatic heterocycles. The van der Waals surface area contributed by atoms with E-state index in [1.165, 1.54) is 25.5 Å². The van der Waals surface area contributed by atoms with E-state index in [0.717, 1.165) is 4.31 Å². The molecule has 0 radical (unpaired) electrons. The SMILES string of the molecule is COc1ccc2c(c1)OC[C@]1(C(=O)O)CN(S(=O)(=O)N(C)C)C[C@H]21. The average Bonchev–Trinajstić information content (AvgIpc) is 2.96. The standard InChI is InChI=1S/C15H20N2O6S/c1-16(2)24(20,21)17-7-12-11-5-4-10(22-3)6-13(11)23-9-15(12,8-17)14(18)19/h4-6,12H,7-9H2,1-3H3,(H,18,19)/t12-,15-/m1/s1. The van der Waals surface area contributed by atoms with Crippen molar-refractivity contribution in [2.75, 3.05) is 40.9 Å². The highest BCUT2D eigenvalue weighted by atomic mass is 32.2. The van der Waals surface area contributed by atoms with E-state index < -0.39 is 27.5 Å². The van der Waals surface area contributed by atoms with Crippen LogP contribution < -0.4 is 9.47 Å². The van der Waals surface area contributed by atoms with Crippen molar-refractivity contribution in [2.45, 2.75) is 5.92 Å². The maximum Gasteiger partial charge on any atom is 0.315 e. The number of methoxy groups -OCH3 is 1. The summed E-state index contributed by atoms with van der Waals surface area (Å²) in [5, 5.41) is 9.81. The third-order valence-corrected chi connectivity index (χ3v) is 6.66. The molecule has 0 spiro atoms. The lowest BCUT2D eigenvalue weighted by molar-refractivity contribution is -0.151. The molecule has 0 aliphatic carbocycles. The van der Waals surface area contributed by atoms with Gasteiger partial charge in [-0.05, 0) is 6.07 Å². The smallest absolute Gasteiger partial charge is 0.315 e. The summed E-state index contributed by atoms with van der Waals surface area (Å²) >= 11 is 0. The van der Waals surface area contributed by atoms with Gasteiger partial charge in [-0.2, -0.15) is 17.0 Å². The lowest BCUT2D eigenvalue weighted by Crippen LogP contribution is -2.46. The van der Waals surface area contributed by atoms with Crippen molar-refractivity contribution in [3.05, 3.63) is 23.8 Å². The Kier molecular flexibility index (Phi) is 3.97. The summed E-state index contributed by atoms with van der Waals surface area (Å²) in [7, 11) is 0.697. The first-order valence-corrected chi connectivity index (χ1v) is 8.84. The van der Waals surface area contributed by atoms with Gasteiger partial charge in [0.15, 0.2) is 0 Å². The van der Waals surface area contributed by atoms with E-state index in [4.69, 9.17) is 9.47 Å². The molecule has 1 saturated heterocycles. The van der Waals surface area contributed by atoms with Gasteiger partial charge in [-0.25, -0.2) is 0 Å². The van der Waals surface area contributed by atoms with Crippen LogP contribution in [0.2, 0.25) is 0 Å². The molecule has 2 atom stereocenters. The van der Waals surface area contributed by atoms with E-state index in [9.17, 15) is 18.3 Å². The molecule has 0 unspecified atom stereocenters. The maximum absolute atomic E-state index is 12.5. The van der Waals surface area contributed by atoms with Crippen LogP contribution in [0.25, 0.3) is 0 Å². The number of nitrogens with zero attached hydrogens (tertiary/aromatic N) is 2. The van der Waals surface area contributed by atoms with Crippen molar-refractivity contribution in [1.29, 1.82) is 0 Å². The summed E-state index contributed by atoms with van der Waals surface area (Å²) in [5.41, 5.74) is -0.592. The second-order valence-electron chi connectivity index (χ2n) is 6.29. The molecule has 8 nitrogen and oxygen atoms in total. The van der Waals surface area contributed by atoms with Crippen LogP contribution in [0.5, 0.6) is 11.5 Å². The molecule has 2 heterocycles. The molecule has 0 amide bonds. The van der Waals surface area contributed by atoms with Crippen LogP contribution in [-0.2, 0) is 15.0 Å². The van der Waals surface area contributed by atoms with E-state index in [2.05, 4.69) is 0 Å². The fourth-order valence-electron chi connectivity index (χ4n) is 3.36. The Labute approximate surface area is 140 Å². The van der Waals surface area contributed by atoms with Crippen LogP contribution in [0.4, 0.5) is 0 Å². The van der Waals surface area contributed by atoms with E-state index in [1.54, 1.807) is 18.2 Å². The van der Waals surface area contributed by atoms with Crippen LogP contribution in [0.15, 0.2) is 18.2 Å². The van der Waals surface area contributed by atoms with Gasteiger partial charge >= 0.3 is 5.97 Å². The molecule has 1 aromatic carbocycles. The molecule has 2 aliphatic rings. The lowest BCUT2D eigenvalue weighted by atomic mass is 9.73. The largest absolute Gasteiger partial charge is 0.497 e. The van der Waals surface area contributed by atoms with Crippen LogP contribution >= 0.6 is 0 Å². The Morgan fingerprint density at radius 1 is 1.46 bits per heavy atom. The summed E-state index contributed by atoms with van der Waals surface area (Å²) in [6.45, 7) is -0.0822. The number of rotatable bonds is 4. The van der Waals surface area contributed by atoms with Crippen LogP contribution in [0.3, 0.4) is 0 Å². The first kappa shape index (κ1) is 17.0. The fraction of sp³-hybridized carbons (Fsp3) is 0.533. The van der Waals surface area contributed by atoms with E-state index in [0.29, 0.717) is 17.1 Å². The number of aliphatic carboxylic acids is 1. The van der Waals surface area contributed by atoms with Gasteiger partial charge in [-0.1, -0.05) is 6.07 Å². The predicted octanol–water partition coefficient (Wildman–Crippen LogP) is 0.364. The topological polar surface area (TPSA) is 96.4 Å². The molecule has 0 saturated carbocycles. The van der Waals surface area contributed by atoms with Crippen molar-refractivity contribution < 1.29 is 27.8 Å². The highest BCUT2D eigenvalue weighted by Crippen LogP contribution is 2.51. The predicted molar refractivity (Wildman–Crippen MR) is 85.5 cm³/mol. The molecular formula is C15H20N2O6S. The van der Waals surface area contributed by atoms with Crippen molar-refractivity contribution in [2.24, 2.45) is 5.41 Å². The van der Waals surface area contributed by atoms with Crippen molar-refractivity contribution >= 4 is 16.2 Å². The van der Waals surface area contributed by atoms with Gasteiger partial charge in [0.1, 0.15) is 23.5 Å². The minimum absolute atomic E-state index is 0.0768. The molecular weight excluding hydrogens is 336 g/mol. The lowest BCUT2D eigenvalue weighted by Gasteiger charge is -2.36. The monoisotopic (exact) mass is 356 g/mol. The van der Waals surface area contributed by atoms with E-state index >= 15 is 0 Å². The van der Waals surface area contributed by atoms with Gasteiger partial charge in [0.2, 0.25) is 0 Å². The minimum Gasteiger partial charge on any atom is -0.497 e. The highest BCUT2D eigenvalue weighted by Gasteiger charge is 2.59. The Balaban J connectivity index is 2.06. The molecule has 9 heteroatoms. The second-order valence-corrected chi connectivity index (χ2v) is 8.43. The third kappa shape index (κ3) is 2.35. The Hall–Kier alpha value is -1.84. The average molecular weight is 356 g/mol. The minimum atomic E-state index is -3.70. The van der Waals surface area contributed by atoms with Crippen LogP contribution in [-0.4, -0.2) is 69.0 Å². The Morgan fingerprint density at radius 2 is 2.17 bits per heavy atom. The molecule has 132 valence electrons. The normalized spacial score (nSPS) is 26.6. The first-order valence-electron chi connectivity index (χ1n) is 7.44. The fourth-order valence-corrected chi connectivity index (χ4v) is 4.55. The summed E-state index contributed by atoms with van der Waals surface area (Å²) in [4.78, 5) is 12.0. The quantitative estimate of drug-likeness (QED) is 0.837. The molecule has 1 fully saturated rings. The number of ether oxygens (including phenoxy) is 2. The van der Waals surface area contributed by atoms with Crippen LogP contribution in [0, 0.1) is 5.41 Å². The van der Waals surface area contributed by atoms with Gasteiger partial charge in [-0.3, -0.25) is 4.79 Å². The third-order valence-electron chi connectivity index (χ3n) is 4.81. The summed E-state index contributed by atoms with van der Waals surface area (Å²) in [6, 6.07) is 5.18. The van der Waals surface area contributed by atoms with Gasteiger partial charge in [0.25, 0.3) is 10.2 Å². The zero-order valence-corrected chi connectivity index (χ0v) is 14.5. The van der Waals surface area contributed by atoms with E-state index in [-0.39, 0.29) is 19.7 Å². The van der Waals surface area contributed by atoms with Crippen molar-refractivity contribution in [3.8, 4) is 11.5 Å². The maximum atomic E-state index is 12.5. The zero-order valence-electron chi connectivity index (χ0n) is 13.7. The molecule has 1 aromatic rings. The summed E-state index contributed by atoms with van der Waals surface area (Å²) in [5.74, 6) is -0.377. The highest BCUT2D eigenvalue weighted by molar-refractivity contribution is 7.86. The molecule has 3 rings (SSSR count). The number of carboxylic acids is 1. The number of carboxylic acid groups (broad SMARTS) is 1.